The van der Waals surface area contributed by atoms with E-state index in [1.165, 1.54) is 25.8 Å². The van der Waals surface area contributed by atoms with Gasteiger partial charge in [0.1, 0.15) is 0 Å². The monoisotopic (exact) mass is 344 g/mol. The zero-order chi connectivity index (χ0) is 17.6. The maximum absolute atomic E-state index is 12.7. The summed E-state index contributed by atoms with van der Waals surface area (Å²) in [6.45, 7) is 6.69. The predicted molar refractivity (Wildman–Crippen MR) is 101 cm³/mol. The normalized spacial score (nSPS) is 16.4. The van der Waals surface area contributed by atoms with Crippen LogP contribution in [-0.4, -0.2) is 52.3 Å². The second-order valence-electron chi connectivity index (χ2n) is 6.80. The predicted octanol–water partition coefficient (Wildman–Crippen LogP) is 1.92. The number of hydrogen-bond donors (Lipinski definition) is 2. The molecule has 0 saturated carbocycles. The van der Waals surface area contributed by atoms with Gasteiger partial charge >= 0.3 is 0 Å². The molecule has 25 heavy (non-hydrogen) atoms. The van der Waals surface area contributed by atoms with E-state index in [4.69, 9.17) is 0 Å². The van der Waals surface area contributed by atoms with Crippen molar-refractivity contribution < 1.29 is 5.11 Å². The van der Waals surface area contributed by atoms with Gasteiger partial charge in [-0.25, -0.2) is 4.98 Å². The number of nitrogens with zero attached hydrogens (tertiary/aromatic N) is 3. The van der Waals surface area contributed by atoms with Crippen molar-refractivity contribution in [2.45, 2.75) is 32.7 Å². The fourth-order valence-corrected chi connectivity index (χ4v) is 3.58. The van der Waals surface area contributed by atoms with Gasteiger partial charge in [0.25, 0.3) is 5.56 Å². The molecule has 0 bridgehead atoms. The van der Waals surface area contributed by atoms with E-state index in [2.05, 4.69) is 22.1 Å². The van der Waals surface area contributed by atoms with Gasteiger partial charge in [0.15, 0.2) is 0 Å². The van der Waals surface area contributed by atoms with Crippen molar-refractivity contribution in [1.29, 1.82) is 0 Å². The average molecular weight is 344 g/mol. The van der Waals surface area contributed by atoms with Crippen LogP contribution in [0.4, 0.5) is 5.95 Å². The molecule has 0 atom stereocenters. The molecule has 0 spiro atoms. The molecule has 1 saturated heterocycles. The van der Waals surface area contributed by atoms with E-state index in [9.17, 15) is 9.90 Å². The molecule has 136 valence electrons. The van der Waals surface area contributed by atoms with E-state index in [0.717, 1.165) is 19.6 Å². The van der Waals surface area contributed by atoms with Crippen LogP contribution in [-0.2, 0) is 6.54 Å². The molecule has 1 aliphatic rings. The minimum Gasteiger partial charge on any atom is -0.395 e. The first-order valence-electron chi connectivity index (χ1n) is 9.29. The number of para-hydroxylation sites is 1. The summed E-state index contributed by atoms with van der Waals surface area (Å²) in [5, 5.41) is 13.3. The summed E-state index contributed by atoms with van der Waals surface area (Å²) in [6, 6.07) is 7.37. The molecule has 2 heterocycles. The smallest absolute Gasteiger partial charge is 0.262 e. The van der Waals surface area contributed by atoms with Crippen LogP contribution in [0, 0.1) is 5.92 Å². The highest BCUT2D eigenvalue weighted by molar-refractivity contribution is 5.78. The highest BCUT2D eigenvalue weighted by atomic mass is 16.3. The summed E-state index contributed by atoms with van der Waals surface area (Å²) in [6.07, 6.45) is 3.55. The second kappa shape index (κ2) is 8.45. The second-order valence-corrected chi connectivity index (χ2v) is 6.80. The van der Waals surface area contributed by atoms with Crippen molar-refractivity contribution in [3.05, 3.63) is 34.6 Å². The number of likely N-dealkylation sites (tertiary alicyclic amines) is 1. The summed E-state index contributed by atoms with van der Waals surface area (Å²) >= 11 is 0. The van der Waals surface area contributed by atoms with Crippen molar-refractivity contribution in [1.82, 2.24) is 14.5 Å². The summed E-state index contributed by atoms with van der Waals surface area (Å²) in [7, 11) is 0. The molecule has 0 aliphatic carbocycles. The Hall–Kier alpha value is -1.92. The van der Waals surface area contributed by atoms with Gasteiger partial charge in [-0.1, -0.05) is 19.1 Å². The quantitative estimate of drug-likeness (QED) is 0.803. The van der Waals surface area contributed by atoms with Crippen LogP contribution in [0.3, 0.4) is 0 Å². The van der Waals surface area contributed by atoms with Crippen LogP contribution in [0.1, 0.15) is 26.2 Å². The number of rotatable bonds is 7. The van der Waals surface area contributed by atoms with Crippen molar-refractivity contribution in [2.75, 3.05) is 38.1 Å². The molecule has 6 heteroatoms. The Morgan fingerprint density at radius 2 is 2.00 bits per heavy atom. The first-order chi connectivity index (χ1) is 12.2. The minimum absolute atomic E-state index is 0.0794. The number of aromatic nitrogens is 2. The Kier molecular flexibility index (Phi) is 6.04. The van der Waals surface area contributed by atoms with Gasteiger partial charge in [-0.15, -0.1) is 0 Å². The molecule has 6 nitrogen and oxygen atoms in total. The lowest BCUT2D eigenvalue weighted by Crippen LogP contribution is -2.36. The van der Waals surface area contributed by atoms with E-state index in [0.29, 0.717) is 22.8 Å². The molecule has 1 aliphatic heterocycles. The van der Waals surface area contributed by atoms with Gasteiger partial charge in [-0.3, -0.25) is 9.36 Å². The molecule has 2 N–H and O–H groups in total. The van der Waals surface area contributed by atoms with E-state index < -0.39 is 0 Å². The van der Waals surface area contributed by atoms with E-state index >= 15 is 0 Å². The van der Waals surface area contributed by atoms with Gasteiger partial charge in [-0.05, 0) is 56.9 Å². The molecule has 0 amide bonds. The number of aliphatic hydroxyl groups is 1. The molecule has 1 fully saturated rings. The number of benzene rings is 1. The Morgan fingerprint density at radius 3 is 2.72 bits per heavy atom. The fourth-order valence-electron chi connectivity index (χ4n) is 3.58. The molecule has 3 rings (SSSR count). The third-order valence-electron chi connectivity index (χ3n) is 4.98. The van der Waals surface area contributed by atoms with E-state index in [1.807, 2.05) is 18.2 Å². The topological polar surface area (TPSA) is 70.4 Å². The molecule has 1 aromatic heterocycles. The Balaban J connectivity index is 1.72. The SMILES string of the molecule is CCCN1CCC(CNc2nc3ccccc3c(=O)n2CCO)CC1. The van der Waals surface area contributed by atoms with E-state index in [1.54, 1.807) is 10.6 Å². The average Bonchev–Trinajstić information content (AvgIpc) is 2.64. The van der Waals surface area contributed by atoms with Crippen molar-refractivity contribution in [3.63, 3.8) is 0 Å². The lowest BCUT2D eigenvalue weighted by Gasteiger charge is -2.31. The van der Waals surface area contributed by atoms with Gasteiger partial charge in [0.2, 0.25) is 5.95 Å². The maximum atomic E-state index is 12.7. The van der Waals surface area contributed by atoms with Crippen molar-refractivity contribution in [3.8, 4) is 0 Å². The summed E-state index contributed by atoms with van der Waals surface area (Å²) in [5.74, 6) is 1.16. The number of fused-ring (bicyclic) bond motifs is 1. The standard InChI is InChI=1S/C19H28N4O2/c1-2-9-22-10-7-15(8-11-22)14-20-19-21-17-6-4-3-5-16(17)18(25)23(19)12-13-24/h3-6,15,24H,2,7-14H2,1H3,(H,20,21). The lowest BCUT2D eigenvalue weighted by molar-refractivity contribution is 0.189. The molecule has 0 unspecified atom stereocenters. The lowest BCUT2D eigenvalue weighted by atomic mass is 9.97. The summed E-state index contributed by atoms with van der Waals surface area (Å²) in [5.41, 5.74) is 0.599. The van der Waals surface area contributed by atoms with Crippen LogP contribution in [0.5, 0.6) is 0 Å². The first-order valence-corrected chi connectivity index (χ1v) is 9.29. The van der Waals surface area contributed by atoms with Gasteiger partial charge in [0, 0.05) is 6.54 Å². The number of aliphatic hydroxyl groups excluding tert-OH is 1. The summed E-state index contributed by atoms with van der Waals surface area (Å²) in [4.78, 5) is 19.8. The maximum Gasteiger partial charge on any atom is 0.262 e. The zero-order valence-electron chi connectivity index (χ0n) is 14.9. The zero-order valence-corrected chi connectivity index (χ0v) is 14.9. The Morgan fingerprint density at radius 1 is 1.24 bits per heavy atom. The third kappa shape index (κ3) is 4.19. The molecule has 0 radical (unpaired) electrons. The van der Waals surface area contributed by atoms with Crippen molar-refractivity contribution in [2.24, 2.45) is 5.92 Å². The van der Waals surface area contributed by atoms with Gasteiger partial charge in [-0.2, -0.15) is 0 Å². The highest BCUT2D eigenvalue weighted by Gasteiger charge is 2.19. The number of hydrogen-bond acceptors (Lipinski definition) is 5. The Labute approximate surface area is 148 Å². The molecular weight excluding hydrogens is 316 g/mol. The fraction of sp³-hybridized carbons (Fsp3) is 0.579. The first kappa shape index (κ1) is 17.9. The molecular formula is C19H28N4O2. The highest BCUT2D eigenvalue weighted by Crippen LogP contribution is 2.18. The number of piperidine rings is 1. The Bertz CT molecular complexity index is 751. The van der Waals surface area contributed by atoms with Crippen LogP contribution < -0.4 is 10.9 Å². The number of nitrogens with one attached hydrogen (secondary N) is 1. The third-order valence-corrected chi connectivity index (χ3v) is 4.98. The van der Waals surface area contributed by atoms with Crippen molar-refractivity contribution >= 4 is 16.9 Å². The van der Waals surface area contributed by atoms with Crippen LogP contribution in [0.2, 0.25) is 0 Å². The van der Waals surface area contributed by atoms with Crippen LogP contribution in [0.25, 0.3) is 10.9 Å². The van der Waals surface area contributed by atoms with Gasteiger partial charge in [0.05, 0.1) is 24.1 Å². The van der Waals surface area contributed by atoms with Crippen LogP contribution >= 0.6 is 0 Å². The molecule has 1 aromatic carbocycles. The van der Waals surface area contributed by atoms with Gasteiger partial charge < -0.3 is 15.3 Å². The van der Waals surface area contributed by atoms with E-state index in [-0.39, 0.29) is 18.7 Å². The number of anilines is 1. The summed E-state index contributed by atoms with van der Waals surface area (Å²) < 4.78 is 1.55. The largest absolute Gasteiger partial charge is 0.395 e. The molecule has 2 aromatic rings. The minimum atomic E-state index is -0.0973. The van der Waals surface area contributed by atoms with Crippen LogP contribution in [0.15, 0.2) is 29.1 Å².